The minimum atomic E-state index is 0.346. The van der Waals surface area contributed by atoms with E-state index in [9.17, 15) is 0 Å². The minimum absolute atomic E-state index is 0.346. The molecular weight excluding hydrogens is 232 g/mol. The molecule has 2 aliphatic rings. The molecule has 19 heavy (non-hydrogen) atoms. The number of hydrogen-bond donors (Lipinski definition) is 0. The molecule has 1 atom stereocenters. The van der Waals surface area contributed by atoms with E-state index in [0.29, 0.717) is 11.0 Å². The average molecular weight is 266 g/mol. The molecule has 0 aromatic rings. The van der Waals surface area contributed by atoms with Crippen molar-refractivity contribution in [1.82, 2.24) is 9.80 Å². The van der Waals surface area contributed by atoms with Gasteiger partial charge in [0.15, 0.2) is 0 Å². The summed E-state index contributed by atoms with van der Waals surface area (Å²) in [4.78, 5) is 5.43. The monoisotopic (exact) mass is 266 g/mol. The molecule has 0 N–H and O–H groups in total. The lowest BCUT2D eigenvalue weighted by atomic mass is 9.75. The third kappa shape index (κ3) is 3.72. The van der Waals surface area contributed by atoms with Gasteiger partial charge in [-0.15, -0.1) is 0 Å². The smallest absolute Gasteiger partial charge is 0.0235 e. The fourth-order valence-corrected chi connectivity index (χ4v) is 3.78. The van der Waals surface area contributed by atoms with E-state index in [1.165, 1.54) is 45.4 Å². The number of piperidine rings is 1. The highest BCUT2D eigenvalue weighted by Gasteiger charge is 2.36. The van der Waals surface area contributed by atoms with Gasteiger partial charge in [-0.2, -0.15) is 0 Å². The summed E-state index contributed by atoms with van der Waals surface area (Å²) >= 11 is 0. The van der Waals surface area contributed by atoms with Gasteiger partial charge >= 0.3 is 0 Å². The summed E-state index contributed by atoms with van der Waals surface area (Å²) in [5, 5.41) is 0. The predicted octanol–water partition coefficient (Wildman–Crippen LogP) is 3.62. The summed E-state index contributed by atoms with van der Waals surface area (Å²) in [5.74, 6) is 0.920. The fraction of sp³-hybridized carbons (Fsp3) is 1.00. The van der Waals surface area contributed by atoms with Crippen LogP contribution in [0.3, 0.4) is 0 Å². The molecule has 0 bridgehead atoms. The summed E-state index contributed by atoms with van der Waals surface area (Å²) in [6, 6.07) is 0.820. The Bertz CT molecular complexity index is 289. The van der Waals surface area contributed by atoms with E-state index in [1.807, 2.05) is 0 Å². The second kappa shape index (κ2) is 5.37. The van der Waals surface area contributed by atoms with Crippen LogP contribution in [-0.4, -0.2) is 47.6 Å². The Morgan fingerprint density at radius 1 is 0.789 bits per heavy atom. The largest absolute Gasteiger partial charge is 0.299 e. The van der Waals surface area contributed by atoms with Gasteiger partial charge in [0.25, 0.3) is 0 Å². The van der Waals surface area contributed by atoms with Crippen molar-refractivity contribution in [2.45, 2.75) is 72.4 Å². The first-order valence-corrected chi connectivity index (χ1v) is 8.17. The van der Waals surface area contributed by atoms with Crippen LogP contribution in [-0.2, 0) is 0 Å². The highest BCUT2D eigenvalue weighted by Crippen LogP contribution is 2.35. The van der Waals surface area contributed by atoms with Crippen molar-refractivity contribution in [1.29, 1.82) is 0 Å². The molecule has 2 heterocycles. The summed E-state index contributed by atoms with van der Waals surface area (Å²) in [6.07, 6.45) is 4.17. The van der Waals surface area contributed by atoms with Crippen molar-refractivity contribution in [3.8, 4) is 0 Å². The molecular formula is C17H34N2. The Labute approximate surface area is 120 Å². The second-order valence-electron chi connectivity index (χ2n) is 8.74. The third-order valence-electron chi connectivity index (χ3n) is 5.38. The Morgan fingerprint density at radius 2 is 1.37 bits per heavy atom. The Balaban J connectivity index is 1.83. The van der Waals surface area contributed by atoms with E-state index in [-0.39, 0.29) is 0 Å². The van der Waals surface area contributed by atoms with Crippen molar-refractivity contribution in [3.63, 3.8) is 0 Å². The molecule has 0 radical (unpaired) electrons. The van der Waals surface area contributed by atoms with Crippen LogP contribution in [0.5, 0.6) is 0 Å². The van der Waals surface area contributed by atoms with Gasteiger partial charge in [-0.05, 0) is 64.5 Å². The van der Waals surface area contributed by atoms with E-state index in [2.05, 4.69) is 51.3 Å². The van der Waals surface area contributed by atoms with Crippen molar-refractivity contribution in [2.75, 3.05) is 26.2 Å². The first-order chi connectivity index (χ1) is 8.68. The Kier molecular flexibility index (Phi) is 4.32. The molecule has 2 rings (SSSR count). The molecule has 0 amide bonds. The Morgan fingerprint density at radius 3 is 1.79 bits per heavy atom. The topological polar surface area (TPSA) is 6.48 Å². The van der Waals surface area contributed by atoms with E-state index in [0.717, 1.165) is 12.0 Å². The van der Waals surface area contributed by atoms with Crippen molar-refractivity contribution in [2.24, 2.45) is 11.3 Å². The van der Waals surface area contributed by atoms with Crippen LogP contribution < -0.4 is 0 Å². The van der Waals surface area contributed by atoms with Crippen LogP contribution in [0.15, 0.2) is 0 Å². The van der Waals surface area contributed by atoms with E-state index in [1.54, 1.807) is 0 Å². The summed E-state index contributed by atoms with van der Waals surface area (Å²) < 4.78 is 0. The molecule has 2 aliphatic heterocycles. The fourth-order valence-electron chi connectivity index (χ4n) is 3.78. The van der Waals surface area contributed by atoms with Crippen LogP contribution in [0.2, 0.25) is 0 Å². The zero-order valence-electron chi connectivity index (χ0n) is 14.0. The molecule has 0 aromatic carbocycles. The van der Waals surface area contributed by atoms with Crippen molar-refractivity contribution in [3.05, 3.63) is 0 Å². The Hall–Kier alpha value is -0.0800. The lowest BCUT2D eigenvalue weighted by Crippen LogP contribution is -2.46. The molecule has 2 heteroatoms. The maximum absolute atomic E-state index is 2.77. The first-order valence-electron chi connectivity index (χ1n) is 8.17. The standard InChI is InChI=1S/C17H34N2/c1-16(2,3)14-7-10-18(11-8-14)15-9-12-19(13-15)17(4,5)6/h14-15H,7-13H2,1-6H3. The van der Waals surface area contributed by atoms with Gasteiger partial charge in [0, 0.05) is 24.7 Å². The highest BCUT2D eigenvalue weighted by molar-refractivity contribution is 4.91. The summed E-state index contributed by atoms with van der Waals surface area (Å²) in [5.41, 5.74) is 0.845. The molecule has 0 aliphatic carbocycles. The molecule has 112 valence electrons. The van der Waals surface area contributed by atoms with E-state index < -0.39 is 0 Å². The maximum atomic E-state index is 2.77. The van der Waals surface area contributed by atoms with Gasteiger partial charge in [-0.1, -0.05) is 20.8 Å². The quantitative estimate of drug-likeness (QED) is 0.715. The second-order valence-corrected chi connectivity index (χ2v) is 8.74. The van der Waals surface area contributed by atoms with E-state index >= 15 is 0 Å². The summed E-state index contributed by atoms with van der Waals surface area (Å²) in [6.45, 7) is 19.5. The van der Waals surface area contributed by atoms with Crippen LogP contribution in [0, 0.1) is 11.3 Å². The van der Waals surface area contributed by atoms with Crippen molar-refractivity contribution < 1.29 is 0 Å². The number of rotatable bonds is 1. The van der Waals surface area contributed by atoms with Crippen LogP contribution in [0.25, 0.3) is 0 Å². The van der Waals surface area contributed by atoms with Gasteiger partial charge in [0.2, 0.25) is 0 Å². The van der Waals surface area contributed by atoms with Gasteiger partial charge in [0.1, 0.15) is 0 Å². The SMILES string of the molecule is CC(C)(C)C1CCN(C2CCN(C(C)(C)C)C2)CC1. The normalized spacial score (nSPS) is 29.1. The lowest BCUT2D eigenvalue weighted by Gasteiger charge is -2.41. The van der Waals surface area contributed by atoms with Gasteiger partial charge < -0.3 is 0 Å². The molecule has 2 fully saturated rings. The van der Waals surface area contributed by atoms with Crippen LogP contribution in [0.1, 0.15) is 60.8 Å². The van der Waals surface area contributed by atoms with Crippen molar-refractivity contribution >= 4 is 0 Å². The van der Waals surface area contributed by atoms with Gasteiger partial charge in [0.05, 0.1) is 0 Å². The summed E-state index contributed by atoms with van der Waals surface area (Å²) in [7, 11) is 0. The minimum Gasteiger partial charge on any atom is -0.299 e. The molecule has 0 aromatic heterocycles. The maximum Gasteiger partial charge on any atom is 0.0235 e. The van der Waals surface area contributed by atoms with Crippen LogP contribution in [0.4, 0.5) is 0 Å². The average Bonchev–Trinajstić information content (AvgIpc) is 2.77. The first kappa shape index (κ1) is 15.3. The molecule has 2 saturated heterocycles. The zero-order chi connectivity index (χ0) is 14.3. The van der Waals surface area contributed by atoms with E-state index in [4.69, 9.17) is 0 Å². The highest BCUT2D eigenvalue weighted by atomic mass is 15.3. The molecule has 0 saturated carbocycles. The third-order valence-corrected chi connectivity index (χ3v) is 5.38. The van der Waals surface area contributed by atoms with Gasteiger partial charge in [-0.25, -0.2) is 0 Å². The number of nitrogens with zero attached hydrogens (tertiary/aromatic N) is 2. The molecule has 1 unspecified atom stereocenters. The predicted molar refractivity (Wildman–Crippen MR) is 83.5 cm³/mol. The number of hydrogen-bond acceptors (Lipinski definition) is 2. The number of likely N-dealkylation sites (tertiary alicyclic amines) is 2. The molecule has 2 nitrogen and oxygen atoms in total. The lowest BCUT2D eigenvalue weighted by molar-refractivity contribution is 0.0778. The van der Waals surface area contributed by atoms with Crippen LogP contribution >= 0.6 is 0 Å². The zero-order valence-corrected chi connectivity index (χ0v) is 14.0. The van der Waals surface area contributed by atoms with Gasteiger partial charge in [-0.3, -0.25) is 9.80 Å². The molecule has 0 spiro atoms.